The third-order valence-electron chi connectivity index (χ3n) is 6.40. The number of amides is 1. The molecule has 180 valence electrons. The van der Waals surface area contributed by atoms with Gasteiger partial charge in [-0.25, -0.2) is 8.42 Å². The number of hydrogen-bond donors (Lipinski definition) is 1. The molecule has 1 N–H and O–H groups in total. The summed E-state index contributed by atoms with van der Waals surface area (Å²) in [5.74, 6) is -0.401. The number of nitrogens with one attached hydrogen (secondary N) is 1. The van der Waals surface area contributed by atoms with Gasteiger partial charge in [0.2, 0.25) is 15.9 Å². The lowest BCUT2D eigenvalue weighted by Gasteiger charge is -2.35. The molecule has 0 unspecified atom stereocenters. The molecule has 0 spiro atoms. The number of sulfonamides is 1. The van der Waals surface area contributed by atoms with Crippen LogP contribution in [0.25, 0.3) is 0 Å². The van der Waals surface area contributed by atoms with Crippen LogP contribution in [0.15, 0.2) is 29.2 Å². The number of benzene rings is 1. The summed E-state index contributed by atoms with van der Waals surface area (Å²) in [6.07, 6.45) is -0.0240. The van der Waals surface area contributed by atoms with Crippen LogP contribution >= 0.6 is 0 Å². The van der Waals surface area contributed by atoms with E-state index in [1.54, 1.807) is 0 Å². The van der Waals surface area contributed by atoms with Crippen molar-refractivity contribution in [1.29, 1.82) is 0 Å². The van der Waals surface area contributed by atoms with Gasteiger partial charge in [-0.2, -0.15) is 17.5 Å². The monoisotopic (exact) mass is 475 g/mol. The third-order valence-corrected chi connectivity index (χ3v) is 8.35. The van der Waals surface area contributed by atoms with Gasteiger partial charge in [0, 0.05) is 38.1 Å². The summed E-state index contributed by atoms with van der Waals surface area (Å²) in [4.78, 5) is 14.4. The summed E-state index contributed by atoms with van der Waals surface area (Å²) in [5.41, 5.74) is -1.16. The van der Waals surface area contributed by atoms with Crippen LogP contribution in [0.4, 0.5) is 13.2 Å². The van der Waals surface area contributed by atoms with E-state index in [1.165, 1.54) is 18.6 Å². The number of nitrogens with zero attached hydrogens (tertiary/aromatic N) is 2. The van der Waals surface area contributed by atoms with E-state index in [2.05, 4.69) is 17.1 Å². The van der Waals surface area contributed by atoms with Crippen molar-refractivity contribution in [2.24, 2.45) is 5.92 Å². The van der Waals surface area contributed by atoms with Crippen molar-refractivity contribution in [2.45, 2.75) is 62.6 Å². The molecule has 6 nitrogen and oxygen atoms in total. The van der Waals surface area contributed by atoms with Gasteiger partial charge in [0.05, 0.1) is 10.5 Å². The van der Waals surface area contributed by atoms with Gasteiger partial charge in [-0.05, 0) is 50.8 Å². The minimum absolute atomic E-state index is 0.0298. The van der Waals surface area contributed by atoms with Crippen LogP contribution in [0, 0.1) is 5.92 Å². The standard InChI is InChI=1S/C22H32F3N3O3S/c1-2-3-12-27-13-10-18(11-14-27)26-21(29)17-8-15-28(16-9-17)32(30,31)20-7-5-4-6-19(20)22(23,24)25/h4-7,17-18H,2-3,8-16H2,1H3,(H,26,29). The highest BCUT2D eigenvalue weighted by Crippen LogP contribution is 2.36. The second-order valence-corrected chi connectivity index (χ2v) is 10.6. The fourth-order valence-electron chi connectivity index (χ4n) is 4.42. The van der Waals surface area contributed by atoms with Gasteiger partial charge >= 0.3 is 6.18 Å². The van der Waals surface area contributed by atoms with Crippen LogP contribution < -0.4 is 5.32 Å². The minimum atomic E-state index is -4.76. The molecule has 10 heteroatoms. The van der Waals surface area contributed by atoms with Crippen molar-refractivity contribution in [1.82, 2.24) is 14.5 Å². The maximum atomic E-state index is 13.3. The summed E-state index contributed by atoms with van der Waals surface area (Å²) in [6, 6.07) is 4.35. The van der Waals surface area contributed by atoms with Crippen LogP contribution in [0.3, 0.4) is 0 Å². The van der Waals surface area contributed by atoms with E-state index >= 15 is 0 Å². The van der Waals surface area contributed by atoms with E-state index in [-0.39, 0.29) is 31.0 Å². The Hall–Kier alpha value is -1.65. The molecule has 0 saturated carbocycles. The van der Waals surface area contributed by atoms with Crippen molar-refractivity contribution in [3.63, 3.8) is 0 Å². The van der Waals surface area contributed by atoms with Crippen LogP contribution in [0.5, 0.6) is 0 Å². The highest BCUT2D eigenvalue weighted by Gasteiger charge is 2.40. The van der Waals surface area contributed by atoms with Crippen molar-refractivity contribution < 1.29 is 26.4 Å². The Bertz CT molecular complexity index is 876. The zero-order valence-corrected chi connectivity index (χ0v) is 19.2. The van der Waals surface area contributed by atoms with Crippen molar-refractivity contribution >= 4 is 15.9 Å². The predicted octanol–water partition coefficient (Wildman–Crippen LogP) is 3.49. The van der Waals surface area contributed by atoms with Gasteiger partial charge in [0.1, 0.15) is 0 Å². The average Bonchev–Trinajstić information content (AvgIpc) is 2.78. The van der Waals surface area contributed by atoms with E-state index in [4.69, 9.17) is 0 Å². The Balaban J connectivity index is 1.54. The molecule has 2 heterocycles. The van der Waals surface area contributed by atoms with Gasteiger partial charge in [0.25, 0.3) is 0 Å². The van der Waals surface area contributed by atoms with Gasteiger partial charge in [-0.15, -0.1) is 0 Å². The summed E-state index contributed by atoms with van der Waals surface area (Å²) < 4.78 is 66.7. The quantitative estimate of drug-likeness (QED) is 0.656. The third kappa shape index (κ3) is 6.02. The average molecular weight is 476 g/mol. The predicted molar refractivity (Wildman–Crippen MR) is 115 cm³/mol. The Morgan fingerprint density at radius 1 is 1.06 bits per heavy atom. The molecule has 2 aliphatic heterocycles. The summed E-state index contributed by atoms with van der Waals surface area (Å²) in [6.45, 7) is 5.23. The molecule has 2 saturated heterocycles. The molecular formula is C22H32F3N3O3S. The highest BCUT2D eigenvalue weighted by atomic mass is 32.2. The molecule has 0 aromatic heterocycles. The number of likely N-dealkylation sites (tertiary alicyclic amines) is 1. The lowest BCUT2D eigenvalue weighted by Crippen LogP contribution is -2.48. The number of alkyl halides is 3. The molecular weight excluding hydrogens is 443 g/mol. The highest BCUT2D eigenvalue weighted by molar-refractivity contribution is 7.89. The fourth-order valence-corrected chi connectivity index (χ4v) is 6.11. The molecule has 3 rings (SSSR count). The van der Waals surface area contributed by atoms with Crippen molar-refractivity contribution in [2.75, 3.05) is 32.7 Å². The summed E-state index contributed by atoms with van der Waals surface area (Å²) >= 11 is 0. The lowest BCUT2D eigenvalue weighted by atomic mass is 9.96. The van der Waals surface area contributed by atoms with E-state index < -0.39 is 26.7 Å². The van der Waals surface area contributed by atoms with Crippen LogP contribution in [-0.4, -0.2) is 62.3 Å². The van der Waals surface area contributed by atoms with Crippen molar-refractivity contribution in [3.05, 3.63) is 29.8 Å². The fraction of sp³-hybridized carbons (Fsp3) is 0.682. The van der Waals surface area contributed by atoms with E-state index in [1.807, 2.05) is 0 Å². The van der Waals surface area contributed by atoms with Gasteiger partial charge < -0.3 is 10.2 Å². The Morgan fingerprint density at radius 2 is 1.69 bits per heavy atom. The molecule has 2 fully saturated rings. The minimum Gasteiger partial charge on any atom is -0.353 e. The first-order chi connectivity index (χ1) is 15.1. The first kappa shape index (κ1) is 25.0. The number of carbonyl (C=O) groups excluding carboxylic acids is 1. The lowest BCUT2D eigenvalue weighted by molar-refractivity contribution is -0.139. The van der Waals surface area contributed by atoms with Crippen molar-refractivity contribution in [3.8, 4) is 0 Å². The number of hydrogen-bond acceptors (Lipinski definition) is 4. The van der Waals surface area contributed by atoms with Crippen LogP contribution in [0.1, 0.15) is 51.0 Å². The summed E-state index contributed by atoms with van der Waals surface area (Å²) in [7, 11) is -4.29. The smallest absolute Gasteiger partial charge is 0.353 e. The maximum Gasteiger partial charge on any atom is 0.417 e. The zero-order chi connectivity index (χ0) is 23.4. The SMILES string of the molecule is CCCCN1CCC(NC(=O)C2CCN(S(=O)(=O)c3ccccc3C(F)(F)F)CC2)CC1. The van der Waals surface area contributed by atoms with E-state index in [0.717, 1.165) is 55.3 Å². The second kappa shape index (κ2) is 10.5. The molecule has 0 aliphatic carbocycles. The van der Waals surface area contributed by atoms with E-state index in [0.29, 0.717) is 12.8 Å². The number of piperidine rings is 2. The molecule has 32 heavy (non-hydrogen) atoms. The molecule has 1 amide bonds. The summed E-state index contributed by atoms with van der Waals surface area (Å²) in [5, 5.41) is 3.10. The largest absolute Gasteiger partial charge is 0.417 e. The van der Waals surface area contributed by atoms with Crippen LogP contribution in [0.2, 0.25) is 0 Å². The number of unbranched alkanes of at least 4 members (excludes halogenated alkanes) is 1. The van der Waals surface area contributed by atoms with E-state index in [9.17, 15) is 26.4 Å². The topological polar surface area (TPSA) is 69.7 Å². The normalized spacial score (nSPS) is 20.4. The second-order valence-electron chi connectivity index (χ2n) is 8.65. The molecule has 0 atom stereocenters. The van der Waals surface area contributed by atoms with Gasteiger partial charge in [-0.3, -0.25) is 4.79 Å². The molecule has 1 aromatic rings. The van der Waals surface area contributed by atoms with Crippen LogP contribution in [-0.2, 0) is 21.0 Å². The van der Waals surface area contributed by atoms with Gasteiger partial charge in [0.15, 0.2) is 0 Å². The Labute approximate surface area is 188 Å². The molecule has 0 bridgehead atoms. The molecule has 2 aliphatic rings. The van der Waals surface area contributed by atoms with Gasteiger partial charge in [-0.1, -0.05) is 25.5 Å². The number of carbonyl (C=O) groups is 1. The Morgan fingerprint density at radius 3 is 2.28 bits per heavy atom. The first-order valence-electron chi connectivity index (χ1n) is 11.3. The molecule has 1 aromatic carbocycles. The first-order valence-corrected chi connectivity index (χ1v) is 12.8. The zero-order valence-electron chi connectivity index (χ0n) is 18.4. The number of halogens is 3. The number of rotatable bonds is 7. The maximum absolute atomic E-state index is 13.3. The molecule has 0 radical (unpaired) electrons. The Kier molecular flexibility index (Phi) is 8.21.